The molecule has 5 rings (SSSR count). The van der Waals surface area contributed by atoms with Gasteiger partial charge < -0.3 is 10.2 Å². The Kier molecular flexibility index (Phi) is 6.98. The number of hydrogen-bond acceptors (Lipinski definition) is 6. The molecular weight excluding hydrogens is 464 g/mol. The van der Waals surface area contributed by atoms with Crippen molar-refractivity contribution in [2.24, 2.45) is 5.92 Å². The molecule has 0 aliphatic carbocycles. The summed E-state index contributed by atoms with van der Waals surface area (Å²) in [5.41, 5.74) is 0.760. The number of fused-ring (bicyclic) bond motifs is 2. The highest BCUT2D eigenvalue weighted by molar-refractivity contribution is 5.98. The van der Waals surface area contributed by atoms with Crippen LogP contribution in [0.4, 0.5) is 14.6 Å². The largest absolute Gasteiger partial charge is 0.308 e. The van der Waals surface area contributed by atoms with Crippen molar-refractivity contribution in [1.29, 1.82) is 0 Å². The first-order valence-electron chi connectivity index (χ1n) is 12.7. The summed E-state index contributed by atoms with van der Waals surface area (Å²) in [6.07, 6.45) is 5.52. The molecule has 8 nitrogen and oxygen atoms in total. The van der Waals surface area contributed by atoms with Crippen LogP contribution in [0.2, 0.25) is 0 Å². The van der Waals surface area contributed by atoms with Crippen LogP contribution >= 0.6 is 0 Å². The first-order chi connectivity index (χ1) is 17.3. The SMILES string of the molecule is CC(C)CN1CCC(F)(C(=O)Nc2cc3cc(-c4cnn5c4CN(CCF)CC5)ncc3cn2)CC1. The Labute approximate surface area is 209 Å². The molecule has 192 valence electrons. The lowest BCUT2D eigenvalue weighted by atomic mass is 9.92. The number of carbonyl (C=O) groups is 1. The van der Waals surface area contributed by atoms with Crippen LogP contribution in [0.5, 0.6) is 0 Å². The van der Waals surface area contributed by atoms with E-state index in [0.29, 0.717) is 44.5 Å². The highest BCUT2D eigenvalue weighted by Gasteiger charge is 2.41. The minimum absolute atomic E-state index is 0.180. The van der Waals surface area contributed by atoms with Crippen molar-refractivity contribution in [3.8, 4) is 11.3 Å². The molecule has 1 N–H and O–H groups in total. The molecule has 2 aliphatic rings. The number of aromatic nitrogens is 4. The average molecular weight is 498 g/mol. The van der Waals surface area contributed by atoms with Crippen molar-refractivity contribution in [2.45, 2.75) is 45.4 Å². The second-order valence-electron chi connectivity index (χ2n) is 10.3. The molecule has 0 atom stereocenters. The Morgan fingerprint density at radius 3 is 2.58 bits per heavy atom. The fraction of sp³-hybridized carbons (Fsp3) is 0.538. The van der Waals surface area contributed by atoms with Gasteiger partial charge in [-0.15, -0.1) is 0 Å². The van der Waals surface area contributed by atoms with Gasteiger partial charge in [0.05, 0.1) is 24.1 Å². The summed E-state index contributed by atoms with van der Waals surface area (Å²) in [4.78, 5) is 26.0. The van der Waals surface area contributed by atoms with E-state index in [9.17, 15) is 9.18 Å². The van der Waals surface area contributed by atoms with E-state index in [1.807, 2.05) is 10.7 Å². The highest BCUT2D eigenvalue weighted by atomic mass is 19.1. The number of pyridine rings is 2. The molecule has 10 heteroatoms. The van der Waals surface area contributed by atoms with Crippen LogP contribution in [-0.2, 0) is 17.9 Å². The van der Waals surface area contributed by atoms with E-state index in [-0.39, 0.29) is 19.5 Å². The van der Waals surface area contributed by atoms with Gasteiger partial charge in [0.1, 0.15) is 12.5 Å². The number of halogens is 2. The lowest BCUT2D eigenvalue weighted by Crippen LogP contribution is -2.49. The maximum Gasteiger partial charge on any atom is 0.263 e. The second-order valence-corrected chi connectivity index (χ2v) is 10.3. The summed E-state index contributed by atoms with van der Waals surface area (Å²) < 4.78 is 30.3. The van der Waals surface area contributed by atoms with Crippen molar-refractivity contribution in [1.82, 2.24) is 29.5 Å². The number of anilines is 1. The van der Waals surface area contributed by atoms with Gasteiger partial charge in [-0.25, -0.2) is 13.8 Å². The summed E-state index contributed by atoms with van der Waals surface area (Å²) in [5.74, 6) is 0.193. The topological polar surface area (TPSA) is 79.2 Å². The monoisotopic (exact) mass is 497 g/mol. The molecule has 0 radical (unpaired) electrons. The zero-order valence-corrected chi connectivity index (χ0v) is 20.9. The van der Waals surface area contributed by atoms with E-state index in [1.165, 1.54) is 0 Å². The summed E-state index contributed by atoms with van der Waals surface area (Å²) in [5, 5.41) is 8.84. The molecule has 0 aromatic carbocycles. The smallest absolute Gasteiger partial charge is 0.263 e. The molecule has 36 heavy (non-hydrogen) atoms. The minimum Gasteiger partial charge on any atom is -0.308 e. The van der Waals surface area contributed by atoms with E-state index in [2.05, 4.69) is 44.0 Å². The van der Waals surface area contributed by atoms with Crippen molar-refractivity contribution in [2.75, 3.05) is 44.7 Å². The number of hydrogen-bond donors (Lipinski definition) is 1. The van der Waals surface area contributed by atoms with Crippen molar-refractivity contribution in [3.05, 3.63) is 36.4 Å². The van der Waals surface area contributed by atoms with Gasteiger partial charge in [0.15, 0.2) is 5.67 Å². The first-order valence-corrected chi connectivity index (χ1v) is 12.7. The molecular formula is C26H33F2N7O. The molecule has 0 unspecified atom stereocenters. The van der Waals surface area contributed by atoms with Gasteiger partial charge in [-0.1, -0.05) is 13.8 Å². The molecule has 3 aromatic rings. The standard InChI is InChI=1S/C26H33F2N7O/c1-18(2)16-33-6-3-26(28,4-7-33)25(36)32-24-12-19-11-22(29-13-20(19)14-30-24)21-15-31-35-10-9-34(8-5-27)17-23(21)35/h11-15,18H,3-10,16-17H2,1-2H3,(H,30,32,36). The zero-order valence-electron chi connectivity index (χ0n) is 20.9. The Morgan fingerprint density at radius 2 is 1.83 bits per heavy atom. The summed E-state index contributed by atoms with van der Waals surface area (Å²) in [6, 6.07) is 3.68. The molecule has 1 saturated heterocycles. The Bertz CT molecular complexity index is 1240. The predicted molar refractivity (Wildman–Crippen MR) is 135 cm³/mol. The van der Waals surface area contributed by atoms with E-state index >= 15 is 4.39 Å². The summed E-state index contributed by atoms with van der Waals surface area (Å²) >= 11 is 0. The van der Waals surface area contributed by atoms with Crippen molar-refractivity contribution >= 4 is 22.5 Å². The van der Waals surface area contributed by atoms with Crippen LogP contribution in [0, 0.1) is 5.92 Å². The minimum atomic E-state index is -1.89. The van der Waals surface area contributed by atoms with Crippen LogP contribution in [0.3, 0.4) is 0 Å². The lowest BCUT2D eigenvalue weighted by molar-refractivity contribution is -0.130. The van der Waals surface area contributed by atoms with Crippen molar-refractivity contribution < 1.29 is 13.6 Å². The van der Waals surface area contributed by atoms with Gasteiger partial charge >= 0.3 is 0 Å². The van der Waals surface area contributed by atoms with Crippen LogP contribution < -0.4 is 5.32 Å². The maximum atomic E-state index is 15.5. The van der Waals surface area contributed by atoms with E-state index in [0.717, 1.165) is 40.8 Å². The third kappa shape index (κ3) is 5.10. The summed E-state index contributed by atoms with van der Waals surface area (Å²) in [7, 11) is 0. The fourth-order valence-electron chi connectivity index (χ4n) is 5.14. The molecule has 2 aliphatic heterocycles. The first kappa shape index (κ1) is 24.7. The van der Waals surface area contributed by atoms with Crippen LogP contribution in [0.1, 0.15) is 32.4 Å². The van der Waals surface area contributed by atoms with Gasteiger partial charge in [-0.3, -0.25) is 19.4 Å². The zero-order chi connectivity index (χ0) is 25.3. The normalized spacial score (nSPS) is 18.5. The molecule has 0 spiro atoms. The van der Waals surface area contributed by atoms with Crippen LogP contribution in [0.15, 0.2) is 30.7 Å². The number of nitrogens with zero attached hydrogens (tertiary/aromatic N) is 6. The maximum absolute atomic E-state index is 15.5. The number of likely N-dealkylation sites (tertiary alicyclic amines) is 1. The second kappa shape index (κ2) is 10.2. The highest BCUT2D eigenvalue weighted by Crippen LogP contribution is 2.30. The number of piperidine rings is 1. The number of alkyl halides is 2. The number of nitrogens with one attached hydrogen (secondary N) is 1. The van der Waals surface area contributed by atoms with E-state index in [1.54, 1.807) is 24.7 Å². The number of rotatable bonds is 7. The van der Waals surface area contributed by atoms with E-state index < -0.39 is 11.6 Å². The molecule has 5 heterocycles. The quantitative estimate of drug-likeness (QED) is 0.537. The Morgan fingerprint density at radius 1 is 1.06 bits per heavy atom. The van der Waals surface area contributed by atoms with Crippen LogP contribution in [-0.4, -0.2) is 80.5 Å². The van der Waals surface area contributed by atoms with E-state index in [4.69, 9.17) is 0 Å². The molecule has 0 saturated carbocycles. The third-order valence-corrected chi connectivity index (χ3v) is 7.15. The number of amides is 1. The molecule has 1 fully saturated rings. The van der Waals surface area contributed by atoms with Gasteiger partial charge in [0.25, 0.3) is 5.91 Å². The third-order valence-electron chi connectivity index (χ3n) is 7.15. The predicted octanol–water partition coefficient (Wildman–Crippen LogP) is 3.68. The Hall–Kier alpha value is -2.98. The molecule has 0 bridgehead atoms. The molecule has 3 aromatic heterocycles. The van der Waals surface area contributed by atoms with Gasteiger partial charge in [0, 0.05) is 75.5 Å². The van der Waals surface area contributed by atoms with Crippen LogP contribution in [0.25, 0.3) is 22.0 Å². The lowest BCUT2D eigenvalue weighted by Gasteiger charge is -2.36. The summed E-state index contributed by atoms with van der Waals surface area (Å²) in [6.45, 7) is 8.44. The number of carbonyl (C=O) groups excluding carboxylic acids is 1. The average Bonchev–Trinajstić information content (AvgIpc) is 3.28. The van der Waals surface area contributed by atoms with Gasteiger partial charge in [-0.05, 0) is 23.4 Å². The van der Waals surface area contributed by atoms with Gasteiger partial charge in [0.2, 0.25) is 0 Å². The van der Waals surface area contributed by atoms with Crippen molar-refractivity contribution in [3.63, 3.8) is 0 Å². The fourth-order valence-corrected chi connectivity index (χ4v) is 5.14. The van der Waals surface area contributed by atoms with Gasteiger partial charge in [-0.2, -0.15) is 5.10 Å². The molecule has 1 amide bonds. The Balaban J connectivity index is 1.33.